The predicted molar refractivity (Wildman–Crippen MR) is 130 cm³/mol. The first-order valence-corrected chi connectivity index (χ1v) is 11.9. The fourth-order valence-corrected chi connectivity index (χ4v) is 4.73. The minimum atomic E-state index is 0.117. The summed E-state index contributed by atoms with van der Waals surface area (Å²) in [6.45, 7) is 9.92. The first-order valence-electron chi connectivity index (χ1n) is 11.9. The Morgan fingerprint density at radius 2 is 1.88 bits per heavy atom. The molecule has 2 aromatic heterocycles. The zero-order valence-corrected chi connectivity index (χ0v) is 20.2. The van der Waals surface area contributed by atoms with Crippen LogP contribution in [-0.4, -0.2) is 52.1 Å². The third-order valence-electron chi connectivity index (χ3n) is 6.75. The molecule has 1 aromatic carbocycles. The highest BCUT2D eigenvalue weighted by molar-refractivity contribution is 5.76. The predicted octanol–water partition coefficient (Wildman–Crippen LogP) is 3.62. The number of aromatic nitrogens is 3. The van der Waals surface area contributed by atoms with Gasteiger partial charge in [-0.2, -0.15) is 5.10 Å². The summed E-state index contributed by atoms with van der Waals surface area (Å²) in [5.74, 6) is 1.56. The van der Waals surface area contributed by atoms with E-state index in [4.69, 9.17) is 4.74 Å². The van der Waals surface area contributed by atoms with Crippen LogP contribution in [0.3, 0.4) is 0 Å². The number of methoxy groups -OCH3 is 1. The summed E-state index contributed by atoms with van der Waals surface area (Å²) in [7, 11) is 1.69. The number of benzene rings is 1. The molecule has 0 saturated carbocycles. The van der Waals surface area contributed by atoms with Crippen molar-refractivity contribution in [3.63, 3.8) is 0 Å². The van der Waals surface area contributed by atoms with Gasteiger partial charge in [-0.1, -0.05) is 12.1 Å². The maximum atomic E-state index is 12.5. The van der Waals surface area contributed by atoms with E-state index in [1.807, 2.05) is 36.6 Å². The van der Waals surface area contributed by atoms with Crippen LogP contribution in [0.2, 0.25) is 0 Å². The van der Waals surface area contributed by atoms with Crippen LogP contribution < -0.4 is 10.1 Å². The topological polar surface area (TPSA) is 71.8 Å². The molecule has 1 aliphatic heterocycles. The third kappa shape index (κ3) is 5.71. The number of carbonyl (C=O) groups is 1. The zero-order valence-electron chi connectivity index (χ0n) is 20.2. The standard InChI is InChI=1S/C26H35N5O2/c1-18-15-25-28-19(2)24(20(3)31(25)29-18)9-10-26(32)27-16-21-11-13-30(14-12-21)17-22-5-7-23(33-4)8-6-22/h5-8,15,21H,9-14,16-17H2,1-4H3,(H,27,32). The molecule has 176 valence electrons. The maximum absolute atomic E-state index is 12.5. The van der Waals surface area contributed by atoms with Crippen LogP contribution in [0.25, 0.3) is 5.65 Å². The van der Waals surface area contributed by atoms with E-state index in [2.05, 4.69) is 39.4 Å². The molecule has 1 amide bonds. The number of carbonyl (C=O) groups excluding carboxylic acids is 1. The van der Waals surface area contributed by atoms with Crippen molar-refractivity contribution in [1.29, 1.82) is 0 Å². The highest BCUT2D eigenvalue weighted by Gasteiger charge is 2.20. The van der Waals surface area contributed by atoms with Crippen molar-refractivity contribution in [3.05, 3.63) is 58.5 Å². The van der Waals surface area contributed by atoms with Crippen LogP contribution in [0.4, 0.5) is 0 Å². The lowest BCUT2D eigenvalue weighted by atomic mass is 9.96. The minimum Gasteiger partial charge on any atom is -0.497 e. The summed E-state index contributed by atoms with van der Waals surface area (Å²) in [6, 6.07) is 10.3. The van der Waals surface area contributed by atoms with Crippen LogP contribution in [0, 0.1) is 26.7 Å². The molecule has 1 N–H and O–H groups in total. The van der Waals surface area contributed by atoms with Crippen LogP contribution in [0.15, 0.2) is 30.3 Å². The maximum Gasteiger partial charge on any atom is 0.220 e. The summed E-state index contributed by atoms with van der Waals surface area (Å²) in [4.78, 5) is 19.7. The molecule has 1 fully saturated rings. The molecular weight excluding hydrogens is 414 g/mol. The van der Waals surface area contributed by atoms with Gasteiger partial charge < -0.3 is 10.1 Å². The van der Waals surface area contributed by atoms with Gasteiger partial charge in [-0.3, -0.25) is 9.69 Å². The van der Waals surface area contributed by atoms with E-state index in [1.54, 1.807) is 7.11 Å². The van der Waals surface area contributed by atoms with Crippen molar-refractivity contribution in [2.24, 2.45) is 5.92 Å². The van der Waals surface area contributed by atoms with E-state index in [9.17, 15) is 4.79 Å². The number of nitrogens with zero attached hydrogens (tertiary/aromatic N) is 4. The Hall–Kier alpha value is -2.93. The van der Waals surface area contributed by atoms with Crippen LogP contribution in [0.1, 0.15) is 47.5 Å². The number of aryl methyl sites for hydroxylation is 3. The fraction of sp³-hybridized carbons (Fsp3) is 0.500. The van der Waals surface area contributed by atoms with Crippen LogP contribution in [-0.2, 0) is 17.8 Å². The lowest BCUT2D eigenvalue weighted by Crippen LogP contribution is -2.38. The van der Waals surface area contributed by atoms with Gasteiger partial charge in [0.15, 0.2) is 5.65 Å². The van der Waals surface area contributed by atoms with Crippen molar-refractivity contribution < 1.29 is 9.53 Å². The van der Waals surface area contributed by atoms with Crippen molar-refractivity contribution in [3.8, 4) is 5.75 Å². The van der Waals surface area contributed by atoms with E-state index in [1.165, 1.54) is 5.56 Å². The lowest BCUT2D eigenvalue weighted by molar-refractivity contribution is -0.121. The van der Waals surface area contributed by atoms with Gasteiger partial charge in [0.05, 0.1) is 12.8 Å². The number of hydrogen-bond donors (Lipinski definition) is 1. The third-order valence-corrected chi connectivity index (χ3v) is 6.75. The molecule has 1 aliphatic rings. The summed E-state index contributed by atoms with van der Waals surface area (Å²) in [5, 5.41) is 7.69. The molecule has 0 radical (unpaired) electrons. The van der Waals surface area contributed by atoms with Crippen molar-refractivity contribution in [2.45, 2.75) is 53.0 Å². The summed E-state index contributed by atoms with van der Waals surface area (Å²) >= 11 is 0. The van der Waals surface area contributed by atoms with Gasteiger partial charge in [0.1, 0.15) is 5.75 Å². The first kappa shape index (κ1) is 23.2. The average Bonchev–Trinajstić information content (AvgIpc) is 3.19. The highest BCUT2D eigenvalue weighted by atomic mass is 16.5. The Balaban J connectivity index is 1.20. The number of nitrogens with one attached hydrogen (secondary N) is 1. The Morgan fingerprint density at radius 1 is 1.15 bits per heavy atom. The molecule has 7 nitrogen and oxygen atoms in total. The normalized spacial score (nSPS) is 15.2. The molecule has 7 heteroatoms. The highest BCUT2D eigenvalue weighted by Crippen LogP contribution is 2.20. The molecule has 33 heavy (non-hydrogen) atoms. The van der Waals surface area contributed by atoms with Gasteiger partial charge in [-0.15, -0.1) is 0 Å². The molecule has 0 aliphatic carbocycles. The van der Waals surface area contributed by atoms with E-state index in [0.29, 0.717) is 18.8 Å². The second-order valence-electron chi connectivity index (χ2n) is 9.19. The van der Waals surface area contributed by atoms with Gasteiger partial charge in [0, 0.05) is 37.0 Å². The molecule has 0 atom stereocenters. The molecule has 0 bridgehead atoms. The number of ether oxygens (including phenoxy) is 1. The van der Waals surface area contributed by atoms with Crippen molar-refractivity contribution in [2.75, 3.05) is 26.7 Å². The van der Waals surface area contributed by atoms with Crippen molar-refractivity contribution in [1.82, 2.24) is 24.8 Å². The fourth-order valence-electron chi connectivity index (χ4n) is 4.73. The van der Waals surface area contributed by atoms with Gasteiger partial charge in [-0.25, -0.2) is 9.50 Å². The van der Waals surface area contributed by atoms with E-state index in [0.717, 1.165) is 73.1 Å². The molecule has 0 unspecified atom stereocenters. The Morgan fingerprint density at radius 3 is 2.58 bits per heavy atom. The number of amides is 1. The lowest BCUT2D eigenvalue weighted by Gasteiger charge is -2.32. The molecule has 3 heterocycles. The summed E-state index contributed by atoms with van der Waals surface area (Å²) in [6.07, 6.45) is 3.40. The smallest absolute Gasteiger partial charge is 0.220 e. The number of piperidine rings is 1. The van der Waals surface area contributed by atoms with Gasteiger partial charge in [0.25, 0.3) is 0 Å². The Kier molecular flexibility index (Phi) is 7.28. The number of fused-ring (bicyclic) bond motifs is 1. The monoisotopic (exact) mass is 449 g/mol. The minimum absolute atomic E-state index is 0.117. The van der Waals surface area contributed by atoms with Crippen molar-refractivity contribution >= 4 is 11.6 Å². The zero-order chi connectivity index (χ0) is 23.4. The molecular formula is C26H35N5O2. The average molecular weight is 450 g/mol. The SMILES string of the molecule is COc1ccc(CN2CCC(CNC(=O)CCc3c(C)nc4cc(C)nn4c3C)CC2)cc1. The number of likely N-dealkylation sites (tertiary alicyclic amines) is 1. The molecule has 4 rings (SSSR count). The second-order valence-corrected chi connectivity index (χ2v) is 9.19. The second kappa shape index (κ2) is 10.3. The molecule has 1 saturated heterocycles. The summed E-state index contributed by atoms with van der Waals surface area (Å²) in [5.41, 5.74) is 6.31. The van der Waals surface area contributed by atoms with Crippen LogP contribution >= 0.6 is 0 Å². The van der Waals surface area contributed by atoms with E-state index >= 15 is 0 Å². The van der Waals surface area contributed by atoms with E-state index in [-0.39, 0.29) is 5.91 Å². The van der Waals surface area contributed by atoms with Gasteiger partial charge in [0.2, 0.25) is 5.91 Å². The first-order chi connectivity index (χ1) is 15.9. The van der Waals surface area contributed by atoms with E-state index < -0.39 is 0 Å². The Bertz CT molecular complexity index is 1100. The Labute approximate surface area is 196 Å². The van der Waals surface area contributed by atoms with Gasteiger partial charge >= 0.3 is 0 Å². The summed E-state index contributed by atoms with van der Waals surface area (Å²) < 4.78 is 7.12. The number of rotatable bonds is 8. The quantitative estimate of drug-likeness (QED) is 0.569. The molecule has 0 spiro atoms. The molecule has 3 aromatic rings. The number of hydrogen-bond acceptors (Lipinski definition) is 5. The van der Waals surface area contributed by atoms with Crippen LogP contribution in [0.5, 0.6) is 5.75 Å². The largest absolute Gasteiger partial charge is 0.497 e. The van der Waals surface area contributed by atoms with Gasteiger partial charge in [-0.05, 0) is 82.3 Å².